The Morgan fingerprint density at radius 3 is 1.36 bits per heavy atom. The zero-order valence-corrected chi connectivity index (χ0v) is 36.7. The lowest BCUT2D eigenvalue weighted by atomic mass is 9.79. The van der Waals surface area contributed by atoms with E-state index in [0.29, 0.717) is 0 Å². The molecule has 0 unspecified atom stereocenters. The van der Waals surface area contributed by atoms with Crippen molar-refractivity contribution in [2.45, 2.75) is 45.4 Å². The minimum Gasteiger partial charge on any atom is -0.456 e. The first-order valence-corrected chi connectivity index (χ1v) is 22.3. The Kier molecular flexibility index (Phi) is 8.45. The van der Waals surface area contributed by atoms with Gasteiger partial charge in [0.1, 0.15) is 22.3 Å². The van der Waals surface area contributed by atoms with Crippen molar-refractivity contribution in [1.82, 2.24) is 0 Å². The van der Waals surface area contributed by atoms with Crippen molar-refractivity contribution < 1.29 is 8.83 Å². The first-order chi connectivity index (χ1) is 31.1. The molecular weight excluding hydrogens is 779 g/mol. The summed E-state index contributed by atoms with van der Waals surface area (Å²) < 4.78 is 12.5. The number of hydrogen-bond donors (Lipinski definition) is 0. The zero-order valence-electron chi connectivity index (χ0n) is 36.7. The highest BCUT2D eigenvalue weighted by Crippen LogP contribution is 2.51. The molecule has 0 amide bonds. The van der Waals surface area contributed by atoms with Crippen LogP contribution in [0.15, 0.2) is 203 Å². The van der Waals surface area contributed by atoms with E-state index >= 15 is 0 Å². The lowest BCUT2D eigenvalue weighted by Gasteiger charge is -2.26. The lowest BCUT2D eigenvalue weighted by molar-refractivity contribution is 0.584. The third-order valence-corrected chi connectivity index (χ3v) is 13.7. The highest BCUT2D eigenvalue weighted by atomic mass is 16.3. The van der Waals surface area contributed by atoms with Crippen LogP contribution in [0.1, 0.15) is 51.3 Å². The first-order valence-electron chi connectivity index (χ1n) is 22.3. The van der Waals surface area contributed by atoms with Crippen LogP contribution in [0.3, 0.4) is 0 Å². The molecule has 0 N–H and O–H groups in total. The van der Waals surface area contributed by atoms with Crippen LogP contribution in [0.2, 0.25) is 0 Å². The van der Waals surface area contributed by atoms with Crippen LogP contribution >= 0.6 is 0 Å². The number of rotatable bonds is 6. The van der Waals surface area contributed by atoms with Crippen LogP contribution in [0.5, 0.6) is 0 Å². The summed E-state index contributed by atoms with van der Waals surface area (Å²) in [5, 5.41) is 4.54. The van der Waals surface area contributed by atoms with Crippen LogP contribution in [0, 0.1) is 0 Å². The molecule has 0 radical (unpaired) electrons. The van der Waals surface area contributed by atoms with Gasteiger partial charge in [0.15, 0.2) is 0 Å². The van der Waals surface area contributed by atoms with Gasteiger partial charge in [0.05, 0.1) is 0 Å². The van der Waals surface area contributed by atoms with Crippen molar-refractivity contribution in [2.24, 2.45) is 0 Å². The van der Waals surface area contributed by atoms with Crippen LogP contribution in [0.4, 0.5) is 17.1 Å². The lowest BCUT2D eigenvalue weighted by Crippen LogP contribution is -2.17. The normalized spacial score (nSPS) is 13.2. The molecule has 308 valence electrons. The van der Waals surface area contributed by atoms with Gasteiger partial charge in [0.2, 0.25) is 0 Å². The molecule has 0 atom stereocenters. The summed E-state index contributed by atoms with van der Waals surface area (Å²) in [6.45, 7) is 11.6. The van der Waals surface area contributed by atoms with Gasteiger partial charge < -0.3 is 13.7 Å². The van der Waals surface area contributed by atoms with E-state index in [9.17, 15) is 0 Å². The third kappa shape index (κ3) is 6.02. The fraction of sp³-hybridized carbons (Fsp3) is 0.115. The number of benzene rings is 9. The molecule has 9 aromatic carbocycles. The van der Waals surface area contributed by atoms with E-state index in [1.54, 1.807) is 0 Å². The quantitative estimate of drug-likeness (QED) is 0.167. The first kappa shape index (κ1) is 38.1. The van der Waals surface area contributed by atoms with E-state index in [4.69, 9.17) is 8.83 Å². The number of nitrogens with zero attached hydrogens (tertiary/aromatic N) is 1. The molecule has 0 aliphatic heterocycles. The van der Waals surface area contributed by atoms with Crippen LogP contribution in [-0.4, -0.2) is 0 Å². The van der Waals surface area contributed by atoms with E-state index in [1.807, 2.05) is 24.3 Å². The maximum atomic E-state index is 6.26. The highest BCUT2D eigenvalue weighted by molar-refractivity contribution is 6.13. The van der Waals surface area contributed by atoms with Gasteiger partial charge in [-0.3, -0.25) is 0 Å². The van der Waals surface area contributed by atoms with Crippen molar-refractivity contribution in [1.29, 1.82) is 0 Å². The van der Waals surface area contributed by atoms with E-state index in [1.165, 1.54) is 38.9 Å². The standard InChI is InChI=1S/C61H47NO2/c1-60(2,3)42-27-34-48-51-36-41(26-35-52(51)61(4,5)53(48)37-42)38-20-28-43(29-21-38)62(44-30-22-39(23-31-44)46-14-10-18-56-58(46)49-12-6-8-16-54(49)63-56)45-32-24-40(25-33-45)47-15-11-19-57-59(47)50-13-7-9-17-55(50)64-57/h6-37H,1-5H3. The summed E-state index contributed by atoms with van der Waals surface area (Å²) in [6.07, 6.45) is 0. The fourth-order valence-electron chi connectivity index (χ4n) is 10.3. The number of hydrogen-bond acceptors (Lipinski definition) is 3. The molecule has 2 aromatic heterocycles. The van der Waals surface area contributed by atoms with Crippen molar-refractivity contribution in [3.05, 3.63) is 211 Å². The number of para-hydroxylation sites is 2. The Balaban J connectivity index is 0.937. The predicted molar refractivity (Wildman–Crippen MR) is 268 cm³/mol. The van der Waals surface area contributed by atoms with Gasteiger partial charge in [-0.25, -0.2) is 0 Å². The molecule has 0 spiro atoms. The number of furan rings is 2. The molecule has 3 nitrogen and oxygen atoms in total. The largest absolute Gasteiger partial charge is 0.456 e. The van der Waals surface area contributed by atoms with Gasteiger partial charge in [-0.1, -0.05) is 162 Å². The van der Waals surface area contributed by atoms with Crippen molar-refractivity contribution in [3.63, 3.8) is 0 Å². The molecule has 0 fully saturated rings. The van der Waals surface area contributed by atoms with E-state index in [-0.39, 0.29) is 10.8 Å². The van der Waals surface area contributed by atoms with Crippen LogP contribution in [-0.2, 0) is 10.8 Å². The minimum atomic E-state index is -0.0580. The maximum absolute atomic E-state index is 6.26. The smallest absolute Gasteiger partial charge is 0.136 e. The minimum absolute atomic E-state index is 0.0580. The molecule has 0 saturated heterocycles. The van der Waals surface area contributed by atoms with Gasteiger partial charge >= 0.3 is 0 Å². The maximum Gasteiger partial charge on any atom is 0.136 e. The molecule has 1 aliphatic carbocycles. The molecular formula is C61H47NO2. The molecule has 0 bridgehead atoms. The fourth-order valence-corrected chi connectivity index (χ4v) is 10.3. The van der Waals surface area contributed by atoms with Crippen LogP contribution < -0.4 is 4.90 Å². The topological polar surface area (TPSA) is 29.5 Å². The summed E-state index contributed by atoms with van der Waals surface area (Å²) >= 11 is 0. The van der Waals surface area contributed by atoms with Crippen molar-refractivity contribution in [3.8, 4) is 44.5 Å². The number of anilines is 3. The summed E-state index contributed by atoms with van der Waals surface area (Å²) in [5.41, 5.74) is 20.7. The predicted octanol–water partition coefficient (Wildman–Crippen LogP) is 17.6. The average molecular weight is 826 g/mol. The van der Waals surface area contributed by atoms with Gasteiger partial charge in [-0.15, -0.1) is 0 Å². The second-order valence-corrected chi connectivity index (χ2v) is 18.9. The zero-order chi connectivity index (χ0) is 43.3. The van der Waals surface area contributed by atoms with E-state index in [0.717, 1.165) is 83.2 Å². The van der Waals surface area contributed by atoms with Crippen molar-refractivity contribution >= 4 is 60.9 Å². The Labute approximate surface area is 373 Å². The Morgan fingerprint density at radius 2 is 0.844 bits per heavy atom. The molecule has 11 aromatic rings. The second-order valence-electron chi connectivity index (χ2n) is 18.9. The SMILES string of the molecule is CC(C)(C)c1ccc2c(c1)C(C)(C)c1ccc(-c3ccc(N(c4ccc(-c5cccc6oc7ccccc7c56)cc4)c4ccc(-c5cccc6oc7ccccc7c56)cc4)cc3)cc1-2. The summed E-state index contributed by atoms with van der Waals surface area (Å²) in [4.78, 5) is 2.35. The van der Waals surface area contributed by atoms with E-state index < -0.39 is 0 Å². The highest BCUT2D eigenvalue weighted by Gasteiger charge is 2.36. The Hall–Kier alpha value is -7.62. The van der Waals surface area contributed by atoms with Crippen molar-refractivity contribution in [2.75, 3.05) is 4.90 Å². The Bertz CT molecular complexity index is 3440. The van der Waals surface area contributed by atoms with Gasteiger partial charge in [-0.2, -0.15) is 0 Å². The molecule has 2 heterocycles. The summed E-state index contributed by atoms with van der Waals surface area (Å²) in [7, 11) is 0. The number of fused-ring (bicyclic) bond motifs is 9. The monoisotopic (exact) mass is 825 g/mol. The third-order valence-electron chi connectivity index (χ3n) is 13.7. The summed E-state index contributed by atoms with van der Waals surface area (Å²) in [5.74, 6) is 0. The van der Waals surface area contributed by atoms with Crippen LogP contribution in [0.25, 0.3) is 88.4 Å². The summed E-state index contributed by atoms with van der Waals surface area (Å²) in [6, 6.07) is 70.4. The molecule has 64 heavy (non-hydrogen) atoms. The van der Waals surface area contributed by atoms with E-state index in [2.05, 4.69) is 209 Å². The molecule has 12 rings (SSSR count). The molecule has 0 saturated carbocycles. The molecule has 3 heteroatoms. The van der Waals surface area contributed by atoms with Gasteiger partial charge in [0, 0.05) is 44.0 Å². The second kappa shape index (κ2) is 14.2. The Morgan fingerprint density at radius 1 is 0.375 bits per heavy atom. The average Bonchev–Trinajstić information content (AvgIpc) is 3.97. The van der Waals surface area contributed by atoms with Gasteiger partial charge in [0.25, 0.3) is 0 Å². The molecule has 1 aliphatic rings. The van der Waals surface area contributed by atoms with Gasteiger partial charge in [-0.05, 0) is 133 Å².